The van der Waals surface area contributed by atoms with Gasteiger partial charge in [0, 0.05) is 11.4 Å². The molecule has 118 valence electrons. The average molecular weight is 311 g/mol. The molecule has 0 bridgehead atoms. The zero-order chi connectivity index (χ0) is 16.7. The van der Waals surface area contributed by atoms with Crippen LogP contribution in [0.4, 0.5) is 0 Å². The first-order valence-electron chi connectivity index (χ1n) is 7.31. The van der Waals surface area contributed by atoms with Crippen LogP contribution in [0.1, 0.15) is 35.9 Å². The number of carboxylic acid groups (broad SMARTS) is 1. The molecule has 0 saturated carbocycles. The second-order valence-corrected chi connectivity index (χ2v) is 5.69. The molecule has 2 aromatic heterocycles. The van der Waals surface area contributed by atoms with Crippen LogP contribution >= 0.6 is 0 Å². The molecule has 1 aromatic carbocycles. The Hall–Kier alpha value is -2.89. The minimum atomic E-state index is -1.08. The van der Waals surface area contributed by atoms with Gasteiger partial charge in [-0.15, -0.1) is 0 Å². The average Bonchev–Trinajstić information content (AvgIpc) is 2.81. The molecule has 2 N–H and O–H groups in total. The number of aromatic nitrogens is 3. The van der Waals surface area contributed by atoms with E-state index >= 15 is 0 Å². The van der Waals surface area contributed by atoms with E-state index in [2.05, 4.69) is 9.97 Å². The fraction of sp³-hybridized carbons (Fsp3) is 0.235. The molecule has 0 aliphatic rings. The van der Waals surface area contributed by atoms with Crippen molar-refractivity contribution < 1.29 is 15.0 Å². The maximum atomic E-state index is 11.7. The van der Waals surface area contributed by atoms with Crippen molar-refractivity contribution in [1.82, 2.24) is 14.5 Å². The molecule has 0 aliphatic heterocycles. The summed E-state index contributed by atoms with van der Waals surface area (Å²) >= 11 is 0. The van der Waals surface area contributed by atoms with E-state index in [1.54, 1.807) is 17.6 Å². The van der Waals surface area contributed by atoms with Gasteiger partial charge in [-0.3, -0.25) is 0 Å². The maximum absolute atomic E-state index is 11.7. The van der Waals surface area contributed by atoms with Crippen molar-refractivity contribution in [2.24, 2.45) is 0 Å². The van der Waals surface area contributed by atoms with E-state index in [1.807, 2.05) is 38.1 Å². The minimum absolute atomic E-state index is 0.00770. The van der Waals surface area contributed by atoms with Gasteiger partial charge in [0.25, 0.3) is 0 Å². The van der Waals surface area contributed by atoms with Crippen molar-refractivity contribution in [2.75, 3.05) is 0 Å². The Bertz CT molecular complexity index is 913. The SMILES string of the molecule is Cc1c(O)nc(-c2nc3ccccc3cc2C(=O)O)n1C(C)C. The number of benzene rings is 1. The van der Waals surface area contributed by atoms with Crippen LogP contribution in [0, 0.1) is 6.92 Å². The maximum Gasteiger partial charge on any atom is 0.338 e. The molecule has 3 rings (SSSR count). The number of carbonyl (C=O) groups is 1. The fourth-order valence-electron chi connectivity index (χ4n) is 2.75. The molecule has 6 nitrogen and oxygen atoms in total. The predicted molar refractivity (Wildman–Crippen MR) is 86.7 cm³/mol. The molecular weight excluding hydrogens is 294 g/mol. The third kappa shape index (κ3) is 2.42. The summed E-state index contributed by atoms with van der Waals surface area (Å²) < 4.78 is 1.79. The fourth-order valence-corrected chi connectivity index (χ4v) is 2.75. The molecule has 0 unspecified atom stereocenters. The largest absolute Gasteiger partial charge is 0.492 e. The van der Waals surface area contributed by atoms with Gasteiger partial charge in [0.2, 0.25) is 5.88 Å². The number of pyridine rings is 1. The van der Waals surface area contributed by atoms with E-state index in [1.165, 1.54) is 0 Å². The Kier molecular flexibility index (Phi) is 3.52. The highest BCUT2D eigenvalue weighted by atomic mass is 16.4. The highest BCUT2D eigenvalue weighted by Gasteiger charge is 2.23. The van der Waals surface area contributed by atoms with Crippen LogP contribution < -0.4 is 0 Å². The third-order valence-electron chi connectivity index (χ3n) is 3.81. The van der Waals surface area contributed by atoms with Crippen LogP contribution in [-0.4, -0.2) is 30.7 Å². The Labute approximate surface area is 133 Å². The second kappa shape index (κ2) is 5.39. The van der Waals surface area contributed by atoms with Crippen molar-refractivity contribution >= 4 is 16.9 Å². The van der Waals surface area contributed by atoms with Crippen LogP contribution in [0.5, 0.6) is 5.88 Å². The van der Waals surface area contributed by atoms with E-state index in [0.717, 1.165) is 5.39 Å². The molecule has 2 heterocycles. The molecule has 0 spiro atoms. The number of carboxylic acids is 1. The molecule has 0 atom stereocenters. The van der Waals surface area contributed by atoms with Gasteiger partial charge in [0.15, 0.2) is 5.82 Å². The van der Waals surface area contributed by atoms with Gasteiger partial charge in [-0.05, 0) is 32.9 Å². The Morgan fingerprint density at radius 3 is 2.57 bits per heavy atom. The molecule has 0 radical (unpaired) electrons. The smallest absolute Gasteiger partial charge is 0.338 e. The molecule has 0 fully saturated rings. The summed E-state index contributed by atoms with van der Waals surface area (Å²) in [5.41, 5.74) is 1.59. The third-order valence-corrected chi connectivity index (χ3v) is 3.81. The van der Waals surface area contributed by atoms with Crippen LogP contribution in [-0.2, 0) is 0 Å². The van der Waals surface area contributed by atoms with Gasteiger partial charge in [-0.25, -0.2) is 9.78 Å². The summed E-state index contributed by atoms with van der Waals surface area (Å²) in [6.45, 7) is 5.63. The Morgan fingerprint density at radius 2 is 1.91 bits per heavy atom. The molecule has 23 heavy (non-hydrogen) atoms. The number of hydrogen-bond acceptors (Lipinski definition) is 4. The number of hydrogen-bond donors (Lipinski definition) is 2. The highest BCUT2D eigenvalue weighted by molar-refractivity contribution is 5.98. The number of imidazole rings is 1. The van der Waals surface area contributed by atoms with Crippen molar-refractivity contribution in [1.29, 1.82) is 0 Å². The summed E-state index contributed by atoms with van der Waals surface area (Å²) in [7, 11) is 0. The zero-order valence-electron chi connectivity index (χ0n) is 13.1. The first-order chi connectivity index (χ1) is 10.9. The molecule has 0 saturated heterocycles. The Morgan fingerprint density at radius 1 is 1.22 bits per heavy atom. The molecular formula is C17H17N3O3. The van der Waals surface area contributed by atoms with Crippen molar-refractivity contribution in [3.05, 3.63) is 41.6 Å². The van der Waals surface area contributed by atoms with Crippen LogP contribution in [0.3, 0.4) is 0 Å². The lowest BCUT2D eigenvalue weighted by Crippen LogP contribution is -2.09. The zero-order valence-corrected chi connectivity index (χ0v) is 13.1. The van der Waals surface area contributed by atoms with Crippen molar-refractivity contribution in [3.63, 3.8) is 0 Å². The number of rotatable bonds is 3. The minimum Gasteiger partial charge on any atom is -0.492 e. The molecule has 0 amide bonds. The summed E-state index contributed by atoms with van der Waals surface area (Å²) in [6.07, 6.45) is 0. The highest BCUT2D eigenvalue weighted by Crippen LogP contribution is 2.31. The molecule has 6 heteroatoms. The van der Waals surface area contributed by atoms with Gasteiger partial charge >= 0.3 is 5.97 Å². The lowest BCUT2D eigenvalue weighted by Gasteiger charge is -2.14. The van der Waals surface area contributed by atoms with Crippen LogP contribution in [0.25, 0.3) is 22.4 Å². The van der Waals surface area contributed by atoms with Gasteiger partial charge in [0.05, 0.1) is 16.8 Å². The molecule has 0 aliphatic carbocycles. The second-order valence-electron chi connectivity index (χ2n) is 5.69. The van der Waals surface area contributed by atoms with Crippen LogP contribution in [0.15, 0.2) is 30.3 Å². The quantitative estimate of drug-likeness (QED) is 0.774. The summed E-state index contributed by atoms with van der Waals surface area (Å²) in [6, 6.07) is 8.91. The molecule has 3 aromatic rings. The van der Waals surface area contributed by atoms with E-state index in [0.29, 0.717) is 17.0 Å². The van der Waals surface area contributed by atoms with E-state index in [4.69, 9.17) is 0 Å². The van der Waals surface area contributed by atoms with Crippen LogP contribution in [0.2, 0.25) is 0 Å². The number of para-hydroxylation sites is 1. The van der Waals surface area contributed by atoms with Gasteiger partial charge in [-0.2, -0.15) is 4.98 Å². The first-order valence-corrected chi connectivity index (χ1v) is 7.31. The first kappa shape index (κ1) is 15.0. The lowest BCUT2D eigenvalue weighted by atomic mass is 10.1. The van der Waals surface area contributed by atoms with E-state index in [-0.39, 0.29) is 23.2 Å². The van der Waals surface area contributed by atoms with Crippen molar-refractivity contribution in [3.8, 4) is 17.4 Å². The normalized spacial score (nSPS) is 11.3. The van der Waals surface area contributed by atoms with E-state index in [9.17, 15) is 15.0 Å². The number of aromatic hydroxyl groups is 1. The standard InChI is InChI=1S/C17H17N3O3/c1-9(2)20-10(3)16(21)19-15(20)14-12(17(22)23)8-11-6-4-5-7-13(11)18-14/h4-9,21H,1-3H3,(H,22,23). The lowest BCUT2D eigenvalue weighted by molar-refractivity contribution is 0.0697. The Balaban J connectivity index is 2.37. The van der Waals surface area contributed by atoms with Gasteiger partial charge < -0.3 is 14.8 Å². The van der Waals surface area contributed by atoms with Crippen molar-refractivity contribution in [2.45, 2.75) is 26.8 Å². The monoisotopic (exact) mass is 311 g/mol. The summed E-state index contributed by atoms with van der Waals surface area (Å²) in [4.78, 5) is 20.3. The topological polar surface area (TPSA) is 88.2 Å². The number of nitrogens with zero attached hydrogens (tertiary/aromatic N) is 3. The predicted octanol–water partition coefficient (Wildman–Crippen LogP) is 3.39. The summed E-state index contributed by atoms with van der Waals surface area (Å²) in [5.74, 6) is -0.827. The van der Waals surface area contributed by atoms with Gasteiger partial charge in [0.1, 0.15) is 5.69 Å². The van der Waals surface area contributed by atoms with Gasteiger partial charge in [-0.1, -0.05) is 18.2 Å². The van der Waals surface area contributed by atoms with E-state index < -0.39 is 5.97 Å². The number of fused-ring (bicyclic) bond motifs is 1. The summed E-state index contributed by atoms with van der Waals surface area (Å²) in [5, 5.41) is 20.3. The number of aromatic carboxylic acids is 1.